The van der Waals surface area contributed by atoms with Gasteiger partial charge in [0.25, 0.3) is 0 Å². The van der Waals surface area contributed by atoms with Gasteiger partial charge in [0.1, 0.15) is 0 Å². The molecule has 0 aliphatic carbocycles. The Morgan fingerprint density at radius 1 is 0.0909 bits per heavy atom. The first-order valence-electron chi connectivity index (χ1n) is 21.8. The van der Waals surface area contributed by atoms with Gasteiger partial charge in [-0.2, -0.15) is 0 Å². The van der Waals surface area contributed by atoms with Gasteiger partial charge in [0, 0.05) is 243 Å². The second-order valence-corrected chi connectivity index (χ2v) is 482. The molecule has 132 heteroatoms. The van der Waals surface area contributed by atoms with E-state index in [-0.39, 0.29) is 0 Å². The van der Waals surface area contributed by atoms with E-state index in [9.17, 15) is 0 Å². The van der Waals surface area contributed by atoms with Crippen LogP contribution in [0.1, 0.15) is 0 Å². The van der Waals surface area contributed by atoms with Crippen molar-refractivity contribution < 1.29 is 0 Å². The van der Waals surface area contributed by atoms with Crippen molar-refractivity contribution in [1.29, 1.82) is 0 Å². The molecular formula is HIS131. The topological polar surface area (TPSA) is 0 Å². The zero-order valence-electron chi connectivity index (χ0n) is 53.9. The molecule has 0 aromatic carbocycles. The predicted molar refractivity (Wildman–Crippen MR) is 981 cm³/mol. The Labute approximate surface area is 1190 Å². The molecule has 0 rings (SSSR count). The third kappa shape index (κ3) is 25.8. The van der Waals surface area contributed by atoms with Crippen LogP contribution < -0.4 is 0 Å². The van der Waals surface area contributed by atoms with Crippen molar-refractivity contribution in [2.24, 2.45) is 0 Å². The lowest BCUT2D eigenvalue weighted by Gasteiger charge is -2.37. The van der Waals surface area contributed by atoms with Crippen LogP contribution in [-0.2, 0) is 1180 Å². The van der Waals surface area contributed by atoms with Gasteiger partial charge in [0.2, 0.25) is 0 Å². The minimum absolute atomic E-state index is 0.689. The van der Waals surface area contributed by atoms with Gasteiger partial charge in [-0.1, -0.05) is 11.7 Å². The first-order chi connectivity index (χ1) is 55.1. The molecule has 0 spiro atoms. The molecule has 0 fully saturated rings. The summed E-state index contributed by atoms with van der Waals surface area (Å²) in [4.78, 5) is 0. The smallest absolute Gasteiger partial charge is 0.0451 e. The minimum Gasteiger partial charge on any atom is -0.0983 e. The lowest BCUT2D eigenvalue weighted by Crippen LogP contribution is -2.41. The average Bonchev–Trinajstić information content (AvgIpc) is 0.668. The molecule has 0 atom stereocenters. The molecule has 0 radical (unpaired) electrons. The number of rotatable bonds is 43. The van der Waals surface area contributed by atoms with Crippen LogP contribution >= 0.6 is 42.7 Å². The molecule has 0 aromatic rings. The van der Waals surface area contributed by atoms with Crippen LogP contribution in [0.25, 0.3) is 0 Å². The summed E-state index contributed by atoms with van der Waals surface area (Å²) in [5.41, 5.74) is 0. The zero-order valence-corrected chi connectivity index (χ0v) is 163. The first kappa shape index (κ1) is 167. The summed E-state index contributed by atoms with van der Waals surface area (Å²) in [5, 5.41) is -172. The van der Waals surface area contributed by atoms with E-state index in [0.717, 1.165) is 0 Å². The Kier molecular flexibility index (Phi) is 66.6. The maximum absolute atomic E-state index is 6.30. The van der Waals surface area contributed by atoms with E-state index in [1.807, 2.05) is 0 Å². The molecule has 0 saturated carbocycles. The number of halogens is 1. The quantitative estimate of drug-likeness (QED) is 0.0407. The van der Waals surface area contributed by atoms with Crippen molar-refractivity contribution in [2.45, 2.75) is 0 Å². The van der Waals surface area contributed by atoms with Crippen LogP contribution in [0.5, 0.6) is 0 Å². The second kappa shape index (κ2) is 52.5. The lowest BCUT2D eigenvalue weighted by molar-refractivity contribution is 4.96. The van der Waals surface area contributed by atoms with Crippen molar-refractivity contribution in [3.8, 4) is 0 Å². The molecule has 0 nitrogen and oxygen atoms in total. The summed E-state index contributed by atoms with van der Waals surface area (Å²) < 4.78 is -2.81. The van der Waals surface area contributed by atoms with Crippen molar-refractivity contribution in [3.63, 3.8) is 0 Å². The molecule has 0 aliphatic heterocycles. The van der Waals surface area contributed by atoms with Gasteiger partial charge in [-0.15, -0.1) is 0 Å². The summed E-state index contributed by atoms with van der Waals surface area (Å²) in [6, 6.07) is 0. The van der Waals surface area contributed by atoms with Gasteiger partial charge in [-0.05, 0) is 972 Å². The molecule has 132 heavy (non-hydrogen) atoms. The van der Waals surface area contributed by atoms with E-state index in [0.29, 0.717) is 9.83 Å². The van der Waals surface area contributed by atoms with Gasteiger partial charge < -0.3 is 0 Å². The Bertz CT molecular complexity index is 10300. The zero-order chi connectivity index (χ0) is 110. The maximum atomic E-state index is 6.30. The van der Waals surface area contributed by atoms with Gasteiger partial charge >= 0.3 is 0 Å². The molecule has 0 bridgehead atoms. The van der Waals surface area contributed by atoms with E-state index in [4.69, 9.17) is 962 Å². The highest BCUT2D eigenvalue weighted by molar-refractivity contribution is 14.2. The molecule has 0 N–H and O–H groups in total. The van der Waals surface area contributed by atoms with E-state index >= 15 is 0 Å². The Morgan fingerprint density at radius 3 is 0.182 bits per heavy atom. The fourth-order valence-electron chi connectivity index (χ4n) is 4.22. The van der Waals surface area contributed by atoms with E-state index in [1.165, 1.54) is 0 Å². The standard InChI is InChI=1S/HIS131/c1-90(3,4)92(7,8)94(11,12)96(15,16)98(19,20)100(23,24)102(27,28)104(31,32)106(35,36)108(39,40)110(43,44)112(47,48)114(51,52)116(55,56)118(59,60)120(63,64)122(67,68)124(71,72)126(75,76)128(79,80)130(83,84)132(87,88)131(85,86)129(81,82)127(77,78)125(73,74)123(69,70)121(65,66)119(61,62)117(57,58)115(53,54)113(49,50)111(45,46)109(41,42)107(37,38)105(33,34)103(29,30)101(25,26)99(21,22)97(17,18)95(13,14)93(9,10)91(5,6)89-2/h2H. The molecule has 0 saturated heterocycles. The highest BCUT2D eigenvalue weighted by Crippen LogP contribution is 2.50. The van der Waals surface area contributed by atoms with Crippen molar-refractivity contribution >= 4 is 1230 Å². The third-order valence-electron chi connectivity index (χ3n) is 10.6. The van der Waals surface area contributed by atoms with Crippen LogP contribution in [0.2, 0.25) is 0 Å². The van der Waals surface area contributed by atoms with Crippen LogP contribution in [0, 0.1) is 0 Å². The Morgan fingerprint density at radius 2 is 0.136 bits per heavy atom. The molecule has 0 unspecified atom stereocenters. The Balaban J connectivity index is 8.98. The molecule has 794 valence electrons. The summed E-state index contributed by atoms with van der Waals surface area (Å²) in [5.74, 6) is 0. The minimum atomic E-state index is -4.34. The fraction of sp³-hybridized carbons (Fsp3) is 0. The second-order valence-electron chi connectivity index (χ2n) is 17.6. The molecule has 0 aromatic heterocycles. The number of hydrogen-bond acceptors (Lipinski definition) is 88. The molecular weight excluding hydrogens is 4330 g/mol. The number of hydrogen-bond donors (Lipinski definition) is 1. The van der Waals surface area contributed by atoms with Gasteiger partial charge in [-0.3, -0.25) is 0 Å². The monoisotopic (exact) mass is 4320 g/mol. The van der Waals surface area contributed by atoms with Crippen molar-refractivity contribution in [2.75, 3.05) is 0 Å². The highest BCUT2D eigenvalue weighted by atomic mass is 127. The summed E-state index contributed by atoms with van der Waals surface area (Å²) in [6.07, 6.45) is 0. The fourth-order valence-corrected chi connectivity index (χ4v) is 1030. The van der Waals surface area contributed by atoms with Crippen molar-refractivity contribution in [3.05, 3.63) is 0 Å². The van der Waals surface area contributed by atoms with Gasteiger partial charge in [-0.25, -0.2) is 0 Å². The Hall–Kier alpha value is 35.4. The lowest BCUT2D eigenvalue weighted by atomic mass is 29.7. The average molecular weight is 4330 g/mol. The van der Waals surface area contributed by atoms with Gasteiger partial charge in [0.15, 0.2) is 0 Å². The van der Waals surface area contributed by atoms with E-state index < -0.39 is 222 Å². The first-order valence-corrected chi connectivity index (χ1v) is 198. The molecule has 0 aliphatic rings. The summed E-state index contributed by atoms with van der Waals surface area (Å²) >= 11 is 536. The highest BCUT2D eigenvalue weighted by Gasteiger charge is 2.53. The molecule has 0 amide bonds. The van der Waals surface area contributed by atoms with E-state index in [1.54, 1.807) is 21.2 Å². The van der Waals surface area contributed by atoms with Crippen molar-refractivity contribution in [1.82, 2.24) is 0 Å². The normalized spacial score (nSPS) is 17.1. The third-order valence-corrected chi connectivity index (χ3v) is 865. The summed E-state index contributed by atoms with van der Waals surface area (Å²) in [7, 11) is 0.689. The van der Waals surface area contributed by atoms with Crippen LogP contribution in [0.3, 0.4) is 0 Å². The molecule has 0 heterocycles. The summed E-state index contributed by atoms with van der Waals surface area (Å²) in [6.45, 7) is 0. The van der Waals surface area contributed by atoms with E-state index in [2.05, 4.69) is 11.7 Å². The predicted octanol–water partition coefficient (Wildman–Crippen LogP) is 1.60. The van der Waals surface area contributed by atoms with Crippen LogP contribution in [-0.4, -0.2) is 0 Å². The van der Waals surface area contributed by atoms with Crippen LogP contribution in [0.15, 0.2) is 0 Å². The SMILES string of the molecule is S=S(=S)(I)S(=S)(=S)S(=S)(=S)S(=S)(=S)S(=S)(=S)S(=S)(=S)S(=S)(=S)S(=S)(=S)S(=S)(=S)S(=S)(=S)S(=S)(=S)S(=S)(=S)S(=S)(=S)S(=S)(=S)S(=S)(=S)S(=S)(=S)S(=S)(=S)S(=S)(=S)S(=S)(=S)S(=S)(=S)S(=S)(=S)S(=S)(=S)S(=S)(=S)S(=S)(=S)S(=S)(=S)S(=S)(=S)S(=S)(=S)S(=S)(=S)S(=S)(=S)S(=S)(=S)S(=S)(=S)S(=S)(=S)S(=S)(=S)S(=S)(=S)S(=S)(=S)S(=S)(=S)S(=S)(=S)S(=S)(=S)S(=S)(=S)S(=S)(=S)S(=S)(=S)S(=S)(=S)S(=S)(=S)SS. The number of thiol groups is 1. The maximum Gasteiger partial charge on any atom is 0.0451 e. The van der Waals surface area contributed by atoms with Crippen LogP contribution in [0.4, 0.5) is 0 Å². The largest absolute Gasteiger partial charge is 0.0983 e. The van der Waals surface area contributed by atoms with Gasteiger partial charge in [0.05, 0.1) is 0 Å².